The lowest BCUT2D eigenvalue weighted by molar-refractivity contribution is -0.384. The minimum Gasteiger partial charge on any atom is -0.372 e. The van der Waals surface area contributed by atoms with E-state index in [0.29, 0.717) is 10.6 Å². The quantitative estimate of drug-likeness (QED) is 0.313. The molecule has 8 heteroatoms. The SMILES string of the molecule is CCN(CC)c1ccc(N=Nc2nc3ccc([N+](=O)[O-])cc3s2)c(C)c1. The number of non-ortho nitro benzene ring substituents is 1. The largest absolute Gasteiger partial charge is 0.372 e. The molecule has 3 aromatic rings. The molecule has 1 heterocycles. The van der Waals surface area contributed by atoms with Gasteiger partial charge in [-0.1, -0.05) is 11.3 Å². The summed E-state index contributed by atoms with van der Waals surface area (Å²) in [4.78, 5) is 17.1. The van der Waals surface area contributed by atoms with Crippen molar-refractivity contribution in [1.29, 1.82) is 0 Å². The number of rotatable bonds is 6. The van der Waals surface area contributed by atoms with E-state index >= 15 is 0 Å². The molecule has 1 aromatic heterocycles. The third-order valence-electron chi connectivity index (χ3n) is 4.12. The van der Waals surface area contributed by atoms with Gasteiger partial charge < -0.3 is 4.90 Å². The van der Waals surface area contributed by atoms with Crippen LogP contribution in [0.1, 0.15) is 19.4 Å². The number of fused-ring (bicyclic) bond motifs is 1. The topological polar surface area (TPSA) is 84.0 Å². The number of hydrogen-bond acceptors (Lipinski definition) is 7. The van der Waals surface area contributed by atoms with Gasteiger partial charge in [-0.25, -0.2) is 4.98 Å². The molecular formula is C18H19N5O2S. The maximum atomic E-state index is 10.9. The van der Waals surface area contributed by atoms with Gasteiger partial charge in [0.25, 0.3) is 5.69 Å². The number of nitrogens with zero attached hydrogens (tertiary/aromatic N) is 5. The molecule has 134 valence electrons. The van der Waals surface area contributed by atoms with Crippen LogP contribution in [0.4, 0.5) is 22.2 Å². The molecule has 3 rings (SSSR count). The third-order valence-corrected chi connectivity index (χ3v) is 5.03. The molecule has 0 aliphatic carbocycles. The summed E-state index contributed by atoms with van der Waals surface area (Å²) in [5.74, 6) is 0. The van der Waals surface area contributed by atoms with E-state index in [-0.39, 0.29) is 5.69 Å². The van der Waals surface area contributed by atoms with Crippen molar-refractivity contribution in [1.82, 2.24) is 4.98 Å². The molecule has 0 spiro atoms. The van der Waals surface area contributed by atoms with Crippen LogP contribution < -0.4 is 4.90 Å². The van der Waals surface area contributed by atoms with Crippen LogP contribution in [-0.2, 0) is 0 Å². The minimum atomic E-state index is -0.416. The van der Waals surface area contributed by atoms with Crippen LogP contribution in [0.5, 0.6) is 0 Å². The summed E-state index contributed by atoms with van der Waals surface area (Å²) in [6.45, 7) is 8.17. The highest BCUT2D eigenvalue weighted by Crippen LogP contribution is 2.32. The number of thiazole rings is 1. The van der Waals surface area contributed by atoms with Crippen LogP contribution in [0, 0.1) is 17.0 Å². The first-order chi connectivity index (χ1) is 12.5. The van der Waals surface area contributed by atoms with Gasteiger partial charge in [0.15, 0.2) is 0 Å². The fourth-order valence-electron chi connectivity index (χ4n) is 2.69. The Labute approximate surface area is 155 Å². The Kier molecular flexibility index (Phi) is 5.22. The summed E-state index contributed by atoms with van der Waals surface area (Å²) in [5, 5.41) is 19.9. The lowest BCUT2D eigenvalue weighted by Gasteiger charge is -2.21. The first-order valence-electron chi connectivity index (χ1n) is 8.34. The summed E-state index contributed by atoms with van der Waals surface area (Å²) in [6, 6.07) is 10.7. The molecule has 0 unspecified atom stereocenters. The zero-order valence-corrected chi connectivity index (χ0v) is 15.7. The van der Waals surface area contributed by atoms with Crippen molar-refractivity contribution in [3.05, 3.63) is 52.1 Å². The van der Waals surface area contributed by atoms with E-state index in [1.165, 1.54) is 29.2 Å². The molecule has 0 amide bonds. The zero-order chi connectivity index (χ0) is 18.7. The average molecular weight is 369 g/mol. The highest BCUT2D eigenvalue weighted by Gasteiger charge is 2.10. The number of aryl methyl sites for hydroxylation is 1. The monoisotopic (exact) mass is 369 g/mol. The first-order valence-corrected chi connectivity index (χ1v) is 9.15. The second-order valence-corrected chi connectivity index (χ2v) is 6.76. The average Bonchev–Trinajstić information content (AvgIpc) is 3.04. The Morgan fingerprint density at radius 3 is 2.58 bits per heavy atom. The van der Waals surface area contributed by atoms with Gasteiger partial charge in [-0.15, -0.1) is 10.2 Å². The molecule has 0 bridgehead atoms. The van der Waals surface area contributed by atoms with Crippen LogP contribution in [-0.4, -0.2) is 23.0 Å². The van der Waals surface area contributed by atoms with Crippen molar-refractivity contribution in [2.45, 2.75) is 20.8 Å². The fourth-order valence-corrected chi connectivity index (χ4v) is 3.51. The Hall–Kier alpha value is -2.87. The van der Waals surface area contributed by atoms with Gasteiger partial charge in [0.2, 0.25) is 5.13 Å². The third kappa shape index (κ3) is 3.70. The van der Waals surface area contributed by atoms with Gasteiger partial charge in [-0.2, -0.15) is 0 Å². The molecule has 0 atom stereocenters. The van der Waals surface area contributed by atoms with Gasteiger partial charge in [0.05, 0.1) is 20.8 Å². The zero-order valence-electron chi connectivity index (χ0n) is 14.8. The molecule has 0 saturated carbocycles. The maximum absolute atomic E-state index is 10.9. The standard InChI is InChI=1S/C18H19N5O2S/c1-4-22(5-2)13-6-8-15(12(3)10-13)20-21-18-19-16-9-7-14(23(24)25)11-17(16)26-18/h6-11H,4-5H2,1-3H3. The van der Waals surface area contributed by atoms with Crippen LogP contribution in [0.25, 0.3) is 10.2 Å². The summed E-state index contributed by atoms with van der Waals surface area (Å²) in [6.07, 6.45) is 0. The van der Waals surface area contributed by atoms with Gasteiger partial charge in [0.1, 0.15) is 0 Å². The van der Waals surface area contributed by atoms with E-state index in [9.17, 15) is 10.1 Å². The van der Waals surface area contributed by atoms with Crippen molar-refractivity contribution in [2.75, 3.05) is 18.0 Å². The van der Waals surface area contributed by atoms with Crippen LogP contribution in [0.2, 0.25) is 0 Å². The molecule has 0 fully saturated rings. The van der Waals surface area contributed by atoms with Crippen LogP contribution in [0.15, 0.2) is 46.6 Å². The van der Waals surface area contributed by atoms with Gasteiger partial charge in [-0.05, 0) is 50.6 Å². The Morgan fingerprint density at radius 2 is 1.92 bits per heavy atom. The van der Waals surface area contributed by atoms with Gasteiger partial charge in [0, 0.05) is 30.9 Å². The smallest absolute Gasteiger partial charge is 0.270 e. The number of azo groups is 1. The Morgan fingerprint density at radius 1 is 1.15 bits per heavy atom. The molecule has 2 aromatic carbocycles. The second kappa shape index (κ2) is 7.57. The predicted octanol–water partition coefficient (Wildman–Crippen LogP) is 5.77. The first kappa shape index (κ1) is 17.9. The number of benzene rings is 2. The molecule has 0 radical (unpaired) electrons. The molecule has 0 aliphatic heterocycles. The van der Waals surface area contributed by atoms with Crippen molar-refractivity contribution >= 4 is 43.7 Å². The molecule has 0 saturated heterocycles. The number of aromatic nitrogens is 1. The number of nitro groups is 1. The van der Waals surface area contributed by atoms with Crippen molar-refractivity contribution in [2.24, 2.45) is 10.2 Å². The highest BCUT2D eigenvalue weighted by molar-refractivity contribution is 7.21. The van der Waals surface area contributed by atoms with Crippen molar-refractivity contribution in [3.63, 3.8) is 0 Å². The van der Waals surface area contributed by atoms with E-state index in [4.69, 9.17) is 0 Å². The molecule has 0 aliphatic rings. The summed E-state index contributed by atoms with van der Waals surface area (Å²) in [7, 11) is 0. The van der Waals surface area contributed by atoms with Gasteiger partial charge in [-0.3, -0.25) is 10.1 Å². The molecule has 0 N–H and O–H groups in total. The number of nitro benzene ring substituents is 1. The normalized spacial score (nSPS) is 11.3. The summed E-state index contributed by atoms with van der Waals surface area (Å²) < 4.78 is 0.724. The summed E-state index contributed by atoms with van der Waals surface area (Å²) >= 11 is 1.29. The Bertz CT molecular complexity index is 979. The predicted molar refractivity (Wildman–Crippen MR) is 105 cm³/mol. The molecular weight excluding hydrogens is 350 g/mol. The number of hydrogen-bond donors (Lipinski definition) is 0. The Balaban J connectivity index is 1.85. The van der Waals surface area contributed by atoms with Gasteiger partial charge >= 0.3 is 0 Å². The van der Waals surface area contributed by atoms with E-state index < -0.39 is 4.92 Å². The van der Waals surface area contributed by atoms with Crippen molar-refractivity contribution < 1.29 is 4.92 Å². The maximum Gasteiger partial charge on any atom is 0.270 e. The second-order valence-electron chi connectivity index (χ2n) is 5.75. The lowest BCUT2D eigenvalue weighted by atomic mass is 10.1. The molecule has 26 heavy (non-hydrogen) atoms. The number of anilines is 1. The van der Waals surface area contributed by atoms with E-state index in [1.807, 2.05) is 19.1 Å². The van der Waals surface area contributed by atoms with Crippen LogP contribution in [0.3, 0.4) is 0 Å². The van der Waals surface area contributed by atoms with E-state index in [0.717, 1.165) is 29.0 Å². The van der Waals surface area contributed by atoms with E-state index in [2.05, 4.69) is 40.0 Å². The highest BCUT2D eigenvalue weighted by atomic mass is 32.1. The van der Waals surface area contributed by atoms with Crippen LogP contribution >= 0.6 is 11.3 Å². The molecule has 7 nitrogen and oxygen atoms in total. The minimum absolute atomic E-state index is 0.0486. The summed E-state index contributed by atoms with van der Waals surface area (Å²) in [5.41, 5.74) is 3.72. The van der Waals surface area contributed by atoms with Crippen molar-refractivity contribution in [3.8, 4) is 0 Å². The fraction of sp³-hybridized carbons (Fsp3) is 0.278. The lowest BCUT2D eigenvalue weighted by Crippen LogP contribution is -2.21. The van der Waals surface area contributed by atoms with E-state index in [1.54, 1.807) is 6.07 Å².